The maximum absolute atomic E-state index is 2.52. The summed E-state index contributed by atoms with van der Waals surface area (Å²) in [6, 6.07) is 91.1. The Morgan fingerprint density at radius 3 is 0.941 bits per heavy atom. The van der Waals surface area contributed by atoms with Crippen LogP contribution in [0.1, 0.15) is 0 Å². The van der Waals surface area contributed by atoms with E-state index >= 15 is 0 Å². The van der Waals surface area contributed by atoms with Crippen molar-refractivity contribution in [2.75, 3.05) is 0 Å². The lowest BCUT2D eigenvalue weighted by atomic mass is 9.76. The maximum Gasteiger partial charge on any atom is -0.000674 e. The SMILES string of the molecule is c1ccc(-c2c3ccccc3c(-c3c4c(c(-c5c6ccccc6c(-c6ccccc6)c6ccccc56)c5cc6ccccc6cc35)-c3cc5ccccc5c5cccc-4c35)c3ccccc23)cc1. The van der Waals surface area contributed by atoms with Crippen LogP contribution in [0.25, 0.3) is 153 Å². The summed E-state index contributed by atoms with van der Waals surface area (Å²) in [7, 11) is 0. The van der Waals surface area contributed by atoms with Gasteiger partial charge in [0.15, 0.2) is 0 Å². The second-order valence-corrected chi connectivity index (χ2v) is 18.5. The molecule has 0 atom stereocenters. The Balaban J connectivity index is 1.23. The van der Waals surface area contributed by atoms with Crippen molar-refractivity contribution in [2.24, 2.45) is 0 Å². The monoisotopic (exact) mass is 856 g/mol. The lowest BCUT2D eigenvalue weighted by molar-refractivity contribution is 1.65. The molecule has 312 valence electrons. The van der Waals surface area contributed by atoms with E-state index in [0.29, 0.717) is 0 Å². The fraction of sp³-hybridized carbons (Fsp3) is 0. The van der Waals surface area contributed by atoms with Crippen LogP contribution in [0.4, 0.5) is 0 Å². The first-order valence-electron chi connectivity index (χ1n) is 23.8. The zero-order valence-electron chi connectivity index (χ0n) is 37.1. The van der Waals surface area contributed by atoms with Crippen molar-refractivity contribution in [3.05, 3.63) is 243 Å². The Morgan fingerprint density at radius 1 is 0.162 bits per heavy atom. The van der Waals surface area contributed by atoms with Crippen LogP contribution in [0.2, 0.25) is 0 Å². The Morgan fingerprint density at radius 2 is 0.500 bits per heavy atom. The van der Waals surface area contributed by atoms with E-state index in [1.54, 1.807) is 0 Å². The van der Waals surface area contributed by atoms with Crippen molar-refractivity contribution >= 4 is 86.2 Å². The standard InChI is InChI=1S/C68H40/c1-3-20-41(21-4-1)60-48-28-11-15-32-52(48)63(53-33-16-12-29-49(53)60)66-57-38-43-24-7-8-25-44(43)39-58(57)67(68-59-40-45-26-9-10-27-46(45)47-36-19-37-56(62(47)59)65(66)68)64-54-34-17-13-30-50(54)61(42-22-5-2-6-23-42)51-31-14-18-35-55(51)64/h1-40H. The lowest BCUT2D eigenvalue weighted by Gasteiger charge is -2.26. The summed E-state index contributed by atoms with van der Waals surface area (Å²) in [5, 5.41) is 20.2. The molecule has 0 saturated heterocycles. The van der Waals surface area contributed by atoms with Gasteiger partial charge in [0.25, 0.3) is 0 Å². The van der Waals surface area contributed by atoms with Crippen molar-refractivity contribution in [3.63, 3.8) is 0 Å². The van der Waals surface area contributed by atoms with Gasteiger partial charge < -0.3 is 0 Å². The van der Waals surface area contributed by atoms with Gasteiger partial charge in [0, 0.05) is 0 Å². The molecule has 0 fully saturated rings. The first-order chi connectivity index (χ1) is 33.8. The molecular formula is C68H40. The van der Waals surface area contributed by atoms with Crippen molar-refractivity contribution in [1.29, 1.82) is 0 Å². The molecule has 0 spiro atoms. The number of hydrogen-bond donors (Lipinski definition) is 0. The molecule has 68 heavy (non-hydrogen) atoms. The van der Waals surface area contributed by atoms with Gasteiger partial charge in [0.05, 0.1) is 0 Å². The third-order valence-electron chi connectivity index (χ3n) is 15.1. The molecule has 0 heterocycles. The Hall–Kier alpha value is -8.84. The average molecular weight is 857 g/mol. The molecule has 0 saturated carbocycles. The molecule has 14 aromatic carbocycles. The number of hydrogen-bond acceptors (Lipinski definition) is 0. The maximum atomic E-state index is 2.52. The highest BCUT2D eigenvalue weighted by Crippen LogP contribution is 2.62. The Labute approximate surface area is 393 Å². The summed E-state index contributed by atoms with van der Waals surface area (Å²) in [5.41, 5.74) is 15.3. The molecule has 0 unspecified atom stereocenters. The molecule has 0 N–H and O–H groups in total. The highest BCUT2D eigenvalue weighted by atomic mass is 14.4. The third-order valence-corrected chi connectivity index (χ3v) is 15.1. The topological polar surface area (TPSA) is 0 Å². The van der Waals surface area contributed by atoms with Gasteiger partial charge in [0.1, 0.15) is 0 Å². The largest absolute Gasteiger partial charge is 0.0622 e. The van der Waals surface area contributed by atoms with E-state index < -0.39 is 0 Å². The normalized spacial score (nSPS) is 12.1. The van der Waals surface area contributed by atoms with Crippen LogP contribution in [0.3, 0.4) is 0 Å². The van der Waals surface area contributed by atoms with Gasteiger partial charge in [-0.05, 0) is 171 Å². The van der Waals surface area contributed by atoms with Crippen LogP contribution in [-0.4, -0.2) is 0 Å². The summed E-state index contributed by atoms with van der Waals surface area (Å²) in [4.78, 5) is 0. The molecule has 0 aliphatic heterocycles. The van der Waals surface area contributed by atoms with E-state index in [-0.39, 0.29) is 0 Å². The quantitative estimate of drug-likeness (QED) is 0.122. The van der Waals surface area contributed by atoms with Crippen LogP contribution in [0.15, 0.2) is 243 Å². The van der Waals surface area contributed by atoms with Gasteiger partial charge in [0.2, 0.25) is 0 Å². The lowest BCUT2D eigenvalue weighted by Crippen LogP contribution is -1.98. The summed E-state index contributed by atoms with van der Waals surface area (Å²) < 4.78 is 0. The number of rotatable bonds is 4. The van der Waals surface area contributed by atoms with Gasteiger partial charge in [-0.15, -0.1) is 0 Å². The number of benzene rings is 14. The van der Waals surface area contributed by atoms with E-state index in [1.807, 2.05) is 0 Å². The second-order valence-electron chi connectivity index (χ2n) is 18.5. The molecular weight excluding hydrogens is 817 g/mol. The minimum absolute atomic E-state index is 1.23. The molecule has 0 amide bonds. The van der Waals surface area contributed by atoms with Gasteiger partial charge >= 0.3 is 0 Å². The second kappa shape index (κ2) is 14.3. The van der Waals surface area contributed by atoms with Crippen molar-refractivity contribution in [2.45, 2.75) is 0 Å². The highest BCUT2D eigenvalue weighted by molar-refractivity contribution is 6.37. The third kappa shape index (κ3) is 5.15. The molecule has 0 radical (unpaired) electrons. The summed E-state index contributed by atoms with van der Waals surface area (Å²) >= 11 is 0. The Kier molecular flexibility index (Phi) is 7.88. The van der Waals surface area contributed by atoms with Crippen molar-refractivity contribution in [1.82, 2.24) is 0 Å². The summed E-state index contributed by atoms with van der Waals surface area (Å²) in [6.45, 7) is 0. The van der Waals surface area contributed by atoms with E-state index in [4.69, 9.17) is 0 Å². The van der Waals surface area contributed by atoms with Crippen LogP contribution in [0.5, 0.6) is 0 Å². The first kappa shape index (κ1) is 37.4. The average Bonchev–Trinajstić information content (AvgIpc) is 3.73. The van der Waals surface area contributed by atoms with Gasteiger partial charge in [-0.3, -0.25) is 0 Å². The predicted molar refractivity (Wildman–Crippen MR) is 293 cm³/mol. The Bertz CT molecular complexity index is 4350. The fourth-order valence-electron chi connectivity index (χ4n) is 12.4. The van der Waals surface area contributed by atoms with E-state index in [9.17, 15) is 0 Å². The molecule has 15 rings (SSSR count). The predicted octanol–water partition coefficient (Wildman–Crippen LogP) is 19.2. The van der Waals surface area contributed by atoms with Gasteiger partial charge in [-0.25, -0.2) is 0 Å². The van der Waals surface area contributed by atoms with Crippen LogP contribution >= 0.6 is 0 Å². The van der Waals surface area contributed by atoms with Crippen molar-refractivity contribution < 1.29 is 0 Å². The first-order valence-corrected chi connectivity index (χ1v) is 23.8. The van der Waals surface area contributed by atoms with Crippen LogP contribution < -0.4 is 0 Å². The van der Waals surface area contributed by atoms with E-state index in [2.05, 4.69) is 243 Å². The zero-order chi connectivity index (χ0) is 44.5. The molecule has 0 heteroatoms. The van der Waals surface area contributed by atoms with E-state index in [1.165, 1.54) is 153 Å². The van der Waals surface area contributed by atoms with E-state index in [0.717, 1.165) is 0 Å². The van der Waals surface area contributed by atoms with Crippen LogP contribution in [0, 0.1) is 0 Å². The van der Waals surface area contributed by atoms with Crippen molar-refractivity contribution in [3.8, 4) is 66.8 Å². The minimum Gasteiger partial charge on any atom is -0.0622 e. The molecule has 0 nitrogen and oxygen atoms in total. The summed E-state index contributed by atoms with van der Waals surface area (Å²) in [6.07, 6.45) is 0. The molecule has 0 aromatic heterocycles. The molecule has 0 bridgehead atoms. The molecule has 1 aliphatic carbocycles. The zero-order valence-corrected chi connectivity index (χ0v) is 37.1. The number of fused-ring (bicyclic) bond motifs is 11. The van der Waals surface area contributed by atoms with Gasteiger partial charge in [-0.2, -0.15) is 0 Å². The summed E-state index contributed by atoms with van der Waals surface area (Å²) in [5.74, 6) is 0. The van der Waals surface area contributed by atoms with Crippen LogP contribution in [-0.2, 0) is 0 Å². The van der Waals surface area contributed by atoms with Gasteiger partial charge in [-0.1, -0.05) is 224 Å². The molecule has 14 aromatic rings. The highest BCUT2D eigenvalue weighted by Gasteiger charge is 2.34. The molecule has 1 aliphatic rings. The fourth-order valence-corrected chi connectivity index (χ4v) is 12.4. The smallest absolute Gasteiger partial charge is 0.000674 e. The minimum atomic E-state index is 1.23.